The van der Waals surface area contributed by atoms with Gasteiger partial charge in [0.15, 0.2) is 0 Å². The van der Waals surface area contributed by atoms with E-state index in [9.17, 15) is 4.21 Å². The fourth-order valence-corrected chi connectivity index (χ4v) is 2.74. The van der Waals surface area contributed by atoms with Gasteiger partial charge in [0.1, 0.15) is 17.6 Å². The molecular weight excluding hydrogens is 294 g/mol. The van der Waals surface area contributed by atoms with Crippen LogP contribution in [0.5, 0.6) is 0 Å². The average Bonchev–Trinajstić information content (AvgIpc) is 2.47. The number of pyridine rings is 1. The van der Waals surface area contributed by atoms with Crippen molar-refractivity contribution in [2.75, 3.05) is 5.32 Å². The number of hydrogen-bond donors (Lipinski definition) is 1. The van der Waals surface area contributed by atoms with Gasteiger partial charge in [-0.2, -0.15) is 5.26 Å². The van der Waals surface area contributed by atoms with Gasteiger partial charge in [-0.1, -0.05) is 18.2 Å². The second-order valence-electron chi connectivity index (χ2n) is 5.95. The molecule has 4 nitrogen and oxygen atoms in total. The molecule has 1 aromatic carbocycles. The first-order valence-corrected chi connectivity index (χ1v) is 8.32. The highest BCUT2D eigenvalue weighted by atomic mass is 32.2. The lowest BCUT2D eigenvalue weighted by molar-refractivity contribution is 0.648. The van der Waals surface area contributed by atoms with E-state index < -0.39 is 10.8 Å². The van der Waals surface area contributed by atoms with Crippen molar-refractivity contribution in [2.45, 2.75) is 31.3 Å². The molecule has 0 saturated carbocycles. The van der Waals surface area contributed by atoms with Crippen LogP contribution in [-0.4, -0.2) is 13.9 Å². The van der Waals surface area contributed by atoms with E-state index in [1.807, 2.05) is 51.1 Å². The third-order valence-corrected chi connectivity index (χ3v) is 5.01. The Morgan fingerprint density at radius 2 is 1.95 bits per heavy atom. The molecule has 0 amide bonds. The molecular formula is C17H19N3OS. The first-order chi connectivity index (χ1) is 10.4. The van der Waals surface area contributed by atoms with E-state index in [-0.39, 0.29) is 4.75 Å². The molecule has 22 heavy (non-hydrogen) atoms. The normalized spacial score (nSPS) is 12.5. The fraction of sp³-hybridized carbons (Fsp3) is 0.294. The van der Waals surface area contributed by atoms with Crippen LogP contribution in [0.15, 0.2) is 42.5 Å². The molecule has 2 rings (SSSR count). The molecule has 114 valence electrons. The number of anilines is 2. The molecule has 5 heteroatoms. The van der Waals surface area contributed by atoms with Gasteiger partial charge in [-0.15, -0.1) is 0 Å². The Bertz CT molecular complexity index is 729. The van der Waals surface area contributed by atoms with Crippen LogP contribution < -0.4 is 5.32 Å². The van der Waals surface area contributed by atoms with Crippen LogP contribution in [-0.2, 0) is 16.6 Å². The average molecular weight is 313 g/mol. The maximum atomic E-state index is 12.2. The van der Waals surface area contributed by atoms with E-state index in [0.717, 1.165) is 11.3 Å². The first-order valence-electron chi connectivity index (χ1n) is 7.00. The van der Waals surface area contributed by atoms with Gasteiger partial charge < -0.3 is 5.32 Å². The summed E-state index contributed by atoms with van der Waals surface area (Å²) in [6.45, 7) is 5.92. The van der Waals surface area contributed by atoms with Crippen molar-refractivity contribution in [3.05, 3.63) is 53.7 Å². The first kappa shape index (κ1) is 16.2. The van der Waals surface area contributed by atoms with Crippen molar-refractivity contribution >= 4 is 22.3 Å². The molecule has 0 fully saturated rings. The summed E-state index contributed by atoms with van der Waals surface area (Å²) < 4.78 is 12.0. The molecule has 0 aliphatic heterocycles. The Morgan fingerprint density at radius 1 is 1.23 bits per heavy atom. The van der Waals surface area contributed by atoms with E-state index in [2.05, 4.69) is 10.3 Å². The van der Waals surface area contributed by atoms with Gasteiger partial charge in [0.2, 0.25) is 0 Å². The maximum absolute atomic E-state index is 12.2. The topological polar surface area (TPSA) is 65.8 Å². The standard InChI is InChI=1S/C17H19N3OS/c1-17(2,3)22(21)12-13-6-4-7-14(10-13)19-16-9-5-8-15(11-18)20-16/h4-10H,12H2,1-3H3,(H,19,20). The lowest BCUT2D eigenvalue weighted by Crippen LogP contribution is -2.22. The SMILES string of the molecule is CC(C)(C)S(=O)Cc1cccc(Nc2cccc(C#N)n2)c1. The van der Waals surface area contributed by atoms with Gasteiger partial charge in [-0.05, 0) is 50.6 Å². The zero-order valence-corrected chi connectivity index (χ0v) is 13.8. The lowest BCUT2D eigenvalue weighted by atomic mass is 10.2. The van der Waals surface area contributed by atoms with Crippen molar-refractivity contribution < 1.29 is 4.21 Å². The van der Waals surface area contributed by atoms with Crippen LogP contribution in [0.4, 0.5) is 11.5 Å². The molecule has 1 atom stereocenters. The minimum atomic E-state index is -0.935. The maximum Gasteiger partial charge on any atom is 0.142 e. The van der Waals surface area contributed by atoms with Crippen LogP contribution in [0, 0.1) is 11.3 Å². The summed E-state index contributed by atoms with van der Waals surface area (Å²) >= 11 is 0. The molecule has 1 heterocycles. The second-order valence-corrected chi connectivity index (χ2v) is 8.15. The Morgan fingerprint density at radius 3 is 2.64 bits per heavy atom. The van der Waals surface area contributed by atoms with Gasteiger partial charge in [0.05, 0.1) is 0 Å². The largest absolute Gasteiger partial charge is 0.340 e. The van der Waals surface area contributed by atoms with Gasteiger partial charge in [-0.25, -0.2) is 4.98 Å². The molecule has 1 N–H and O–H groups in total. The molecule has 0 aliphatic carbocycles. The van der Waals surface area contributed by atoms with Gasteiger partial charge >= 0.3 is 0 Å². The van der Waals surface area contributed by atoms with Gasteiger partial charge in [0, 0.05) is 27.0 Å². The summed E-state index contributed by atoms with van der Waals surface area (Å²) in [6.07, 6.45) is 0. The number of rotatable bonds is 4. The molecule has 0 spiro atoms. The molecule has 0 saturated heterocycles. The second kappa shape index (κ2) is 6.71. The van der Waals surface area contributed by atoms with Crippen LogP contribution in [0.1, 0.15) is 32.0 Å². The monoisotopic (exact) mass is 313 g/mol. The van der Waals surface area contributed by atoms with Gasteiger partial charge in [0.25, 0.3) is 0 Å². The predicted octanol–water partition coefficient (Wildman–Crippen LogP) is 3.74. The zero-order valence-electron chi connectivity index (χ0n) is 13.0. The van der Waals surface area contributed by atoms with Crippen molar-refractivity contribution in [2.24, 2.45) is 0 Å². The number of benzene rings is 1. The minimum absolute atomic E-state index is 0.230. The molecule has 0 aliphatic rings. The zero-order chi connectivity index (χ0) is 16.2. The third-order valence-electron chi connectivity index (χ3n) is 3.04. The Kier molecular flexibility index (Phi) is 4.94. The summed E-state index contributed by atoms with van der Waals surface area (Å²) in [5.74, 6) is 1.14. The minimum Gasteiger partial charge on any atom is -0.340 e. The highest BCUT2D eigenvalue weighted by Gasteiger charge is 2.19. The van der Waals surface area contributed by atoms with E-state index in [0.29, 0.717) is 17.3 Å². The summed E-state index contributed by atoms with van der Waals surface area (Å²) in [7, 11) is -0.935. The Balaban J connectivity index is 2.15. The third kappa shape index (κ3) is 4.40. The number of nitrogens with one attached hydrogen (secondary N) is 1. The molecule has 1 unspecified atom stereocenters. The van der Waals surface area contributed by atoms with Crippen LogP contribution in [0.2, 0.25) is 0 Å². The molecule has 0 bridgehead atoms. The number of nitrogens with zero attached hydrogens (tertiary/aromatic N) is 2. The van der Waals surface area contributed by atoms with Crippen LogP contribution in [0.25, 0.3) is 0 Å². The van der Waals surface area contributed by atoms with Gasteiger partial charge in [-0.3, -0.25) is 4.21 Å². The number of aromatic nitrogens is 1. The molecule has 1 aromatic heterocycles. The lowest BCUT2D eigenvalue weighted by Gasteiger charge is -2.18. The van der Waals surface area contributed by atoms with Crippen molar-refractivity contribution in [3.63, 3.8) is 0 Å². The number of hydrogen-bond acceptors (Lipinski definition) is 4. The number of nitriles is 1. The smallest absolute Gasteiger partial charge is 0.142 e. The summed E-state index contributed by atoms with van der Waals surface area (Å²) in [6, 6.07) is 15.0. The van der Waals surface area contributed by atoms with E-state index in [1.165, 1.54) is 0 Å². The highest BCUT2D eigenvalue weighted by molar-refractivity contribution is 7.85. The molecule has 0 radical (unpaired) electrons. The highest BCUT2D eigenvalue weighted by Crippen LogP contribution is 2.20. The summed E-state index contributed by atoms with van der Waals surface area (Å²) in [5, 5.41) is 12.0. The predicted molar refractivity (Wildman–Crippen MR) is 90.3 cm³/mol. The summed E-state index contributed by atoms with van der Waals surface area (Å²) in [5.41, 5.74) is 2.25. The van der Waals surface area contributed by atoms with E-state index in [1.54, 1.807) is 18.2 Å². The molecule has 2 aromatic rings. The fourth-order valence-electron chi connectivity index (χ4n) is 1.82. The van der Waals surface area contributed by atoms with Crippen LogP contribution in [0.3, 0.4) is 0 Å². The van der Waals surface area contributed by atoms with Crippen LogP contribution >= 0.6 is 0 Å². The van der Waals surface area contributed by atoms with Crippen molar-refractivity contribution in [1.82, 2.24) is 4.98 Å². The Hall–Kier alpha value is -2.19. The summed E-state index contributed by atoms with van der Waals surface area (Å²) in [4.78, 5) is 4.18. The quantitative estimate of drug-likeness (QED) is 0.933. The van der Waals surface area contributed by atoms with Crippen molar-refractivity contribution in [3.8, 4) is 6.07 Å². The van der Waals surface area contributed by atoms with E-state index in [4.69, 9.17) is 5.26 Å². The van der Waals surface area contributed by atoms with E-state index >= 15 is 0 Å². The Labute approximate surface area is 133 Å². The van der Waals surface area contributed by atoms with Crippen molar-refractivity contribution in [1.29, 1.82) is 5.26 Å².